The van der Waals surface area contributed by atoms with Gasteiger partial charge < -0.3 is 0 Å². The minimum atomic E-state index is 0.551. The van der Waals surface area contributed by atoms with E-state index < -0.39 is 0 Å². The molecule has 0 aliphatic carbocycles. The van der Waals surface area contributed by atoms with E-state index in [1.165, 1.54) is 22.7 Å². The first kappa shape index (κ1) is 19.9. The minimum absolute atomic E-state index is 0.551. The molecular weight excluding hydrogens is 452 g/mol. The summed E-state index contributed by atoms with van der Waals surface area (Å²) in [5, 5.41) is 20.7. The Labute approximate surface area is 196 Å². The number of rotatable bonds is 4. The monoisotopic (exact) mass is 468 g/mol. The van der Waals surface area contributed by atoms with E-state index in [4.69, 9.17) is 9.97 Å². The van der Waals surface area contributed by atoms with Gasteiger partial charge in [-0.1, -0.05) is 46.9 Å². The summed E-state index contributed by atoms with van der Waals surface area (Å²) in [6.07, 6.45) is 0.551. The van der Waals surface area contributed by atoms with Gasteiger partial charge in [0.2, 0.25) is 0 Å². The second kappa shape index (κ2) is 7.98. The zero-order valence-electron chi connectivity index (χ0n) is 17.7. The third-order valence-electron chi connectivity index (χ3n) is 5.13. The second-order valence-corrected chi connectivity index (χ2v) is 9.60. The molecule has 6 rings (SSSR count). The highest BCUT2D eigenvalue weighted by molar-refractivity contribution is 7.16. The lowest BCUT2D eigenvalue weighted by molar-refractivity contribution is 0.957. The van der Waals surface area contributed by atoms with Crippen LogP contribution in [0.15, 0.2) is 48.5 Å². The van der Waals surface area contributed by atoms with Crippen LogP contribution in [0.1, 0.15) is 21.4 Å². The average Bonchev–Trinajstić information content (AvgIpc) is 3.48. The highest BCUT2D eigenvalue weighted by Crippen LogP contribution is 2.30. The van der Waals surface area contributed by atoms with Gasteiger partial charge in [0.1, 0.15) is 21.4 Å². The van der Waals surface area contributed by atoms with Gasteiger partial charge in [0.05, 0.1) is 39.9 Å². The molecule has 6 aromatic rings. The molecule has 0 aliphatic rings. The molecule has 2 aromatic carbocycles. The first-order valence-corrected chi connectivity index (χ1v) is 11.9. The van der Waals surface area contributed by atoms with E-state index in [9.17, 15) is 0 Å². The van der Waals surface area contributed by atoms with Crippen molar-refractivity contribution in [2.24, 2.45) is 0 Å². The predicted molar refractivity (Wildman–Crippen MR) is 129 cm³/mol. The summed E-state index contributed by atoms with van der Waals surface area (Å²) in [6.45, 7) is 3.89. The van der Waals surface area contributed by atoms with Crippen LogP contribution in [0.25, 0.3) is 43.5 Å². The Kier molecular flexibility index (Phi) is 4.81. The Morgan fingerprint density at radius 2 is 0.939 bits per heavy atom. The van der Waals surface area contributed by atoms with Gasteiger partial charge in [-0.25, -0.2) is 19.9 Å². The van der Waals surface area contributed by atoms with Crippen molar-refractivity contribution in [2.45, 2.75) is 20.3 Å². The molecule has 0 amide bonds. The highest BCUT2D eigenvalue weighted by atomic mass is 32.1. The van der Waals surface area contributed by atoms with E-state index >= 15 is 0 Å². The normalized spacial score (nSPS) is 11.5. The number of benzene rings is 2. The molecule has 0 unspecified atom stereocenters. The molecule has 0 N–H and O–H groups in total. The van der Waals surface area contributed by atoms with Crippen LogP contribution in [0.4, 0.5) is 0 Å². The number of para-hydroxylation sites is 4. The van der Waals surface area contributed by atoms with Gasteiger partial charge in [0.25, 0.3) is 0 Å². The third kappa shape index (κ3) is 3.73. The lowest BCUT2D eigenvalue weighted by Crippen LogP contribution is -1.93. The van der Waals surface area contributed by atoms with E-state index in [1.54, 1.807) is 0 Å². The van der Waals surface area contributed by atoms with Gasteiger partial charge in [-0.15, -0.1) is 20.4 Å². The lowest BCUT2D eigenvalue weighted by Gasteiger charge is -2.03. The number of hydrogen-bond donors (Lipinski definition) is 0. The summed E-state index contributed by atoms with van der Waals surface area (Å²) in [7, 11) is 0. The van der Waals surface area contributed by atoms with E-state index in [2.05, 4.69) is 30.4 Å². The molecule has 160 valence electrons. The molecule has 8 nitrogen and oxygen atoms in total. The van der Waals surface area contributed by atoms with Crippen LogP contribution in [0, 0.1) is 13.8 Å². The lowest BCUT2D eigenvalue weighted by atomic mass is 10.2. The van der Waals surface area contributed by atoms with Crippen molar-refractivity contribution in [3.8, 4) is 21.4 Å². The fourth-order valence-corrected chi connectivity index (χ4v) is 5.41. The topological polar surface area (TPSA) is 103 Å². The van der Waals surface area contributed by atoms with E-state index in [1.807, 2.05) is 62.4 Å². The Morgan fingerprint density at radius 1 is 0.545 bits per heavy atom. The van der Waals surface area contributed by atoms with Gasteiger partial charge in [-0.05, 0) is 38.1 Å². The standard InChI is InChI=1S/C23H16N8S2/c1-12-20(26-16-9-5-3-7-14(16)24-12)22-30-28-18(32-22)11-19-29-31-23(33-19)21-13(2)25-15-8-4-6-10-17(15)27-21/h3-10H,11H2,1-2H3. The molecule has 0 saturated heterocycles. The molecule has 4 heterocycles. The molecule has 4 aromatic heterocycles. The average molecular weight is 469 g/mol. The Bertz CT molecular complexity index is 1520. The van der Waals surface area contributed by atoms with Crippen molar-refractivity contribution in [2.75, 3.05) is 0 Å². The molecule has 0 radical (unpaired) electrons. The summed E-state index contributed by atoms with van der Waals surface area (Å²) in [4.78, 5) is 18.8. The highest BCUT2D eigenvalue weighted by Gasteiger charge is 2.17. The summed E-state index contributed by atoms with van der Waals surface area (Å²) >= 11 is 3.00. The fraction of sp³-hybridized carbons (Fsp3) is 0.130. The van der Waals surface area contributed by atoms with E-state index in [0.29, 0.717) is 6.42 Å². The van der Waals surface area contributed by atoms with Crippen LogP contribution in [0.3, 0.4) is 0 Å². The summed E-state index contributed by atoms with van der Waals surface area (Å²) in [5.74, 6) is 0. The van der Waals surface area contributed by atoms with Crippen molar-refractivity contribution in [1.82, 2.24) is 40.3 Å². The van der Waals surface area contributed by atoms with Crippen molar-refractivity contribution in [3.05, 3.63) is 69.9 Å². The Morgan fingerprint density at radius 3 is 1.36 bits per heavy atom. The smallest absolute Gasteiger partial charge is 0.168 e. The van der Waals surface area contributed by atoms with Crippen molar-refractivity contribution >= 4 is 44.7 Å². The zero-order valence-corrected chi connectivity index (χ0v) is 19.4. The maximum atomic E-state index is 4.75. The third-order valence-corrected chi connectivity index (χ3v) is 6.99. The maximum absolute atomic E-state index is 4.75. The van der Waals surface area contributed by atoms with Crippen LogP contribution in [-0.4, -0.2) is 40.3 Å². The van der Waals surface area contributed by atoms with E-state index in [0.717, 1.165) is 64.9 Å². The van der Waals surface area contributed by atoms with Crippen molar-refractivity contribution in [1.29, 1.82) is 0 Å². The number of hydrogen-bond acceptors (Lipinski definition) is 10. The number of fused-ring (bicyclic) bond motifs is 2. The summed E-state index contributed by atoms with van der Waals surface area (Å²) in [5.41, 5.74) is 6.62. The molecule has 0 atom stereocenters. The fourth-order valence-electron chi connectivity index (χ4n) is 3.55. The zero-order chi connectivity index (χ0) is 22.4. The predicted octanol–water partition coefficient (Wildman–Crippen LogP) is 4.82. The van der Waals surface area contributed by atoms with Crippen LogP contribution in [0.2, 0.25) is 0 Å². The number of aryl methyl sites for hydroxylation is 2. The molecule has 0 bridgehead atoms. The van der Waals surface area contributed by atoms with Crippen LogP contribution >= 0.6 is 22.7 Å². The van der Waals surface area contributed by atoms with Crippen molar-refractivity contribution in [3.63, 3.8) is 0 Å². The largest absolute Gasteiger partial charge is 0.249 e. The maximum Gasteiger partial charge on any atom is 0.168 e. The molecular formula is C23H16N8S2. The SMILES string of the molecule is Cc1nc2ccccc2nc1-c1nnc(Cc2nnc(-c3nc4ccccc4nc3C)s2)s1. The van der Waals surface area contributed by atoms with E-state index in [-0.39, 0.29) is 0 Å². The van der Waals surface area contributed by atoms with Crippen LogP contribution < -0.4 is 0 Å². The Hall–Kier alpha value is -3.76. The van der Waals surface area contributed by atoms with Crippen LogP contribution in [0.5, 0.6) is 0 Å². The first-order valence-electron chi connectivity index (χ1n) is 10.3. The summed E-state index contributed by atoms with van der Waals surface area (Å²) < 4.78 is 0. The molecule has 0 fully saturated rings. The molecule has 10 heteroatoms. The Balaban J connectivity index is 1.28. The number of nitrogens with zero attached hydrogens (tertiary/aromatic N) is 8. The van der Waals surface area contributed by atoms with Crippen molar-refractivity contribution < 1.29 is 0 Å². The van der Waals surface area contributed by atoms with Gasteiger partial charge in [-0.3, -0.25) is 0 Å². The second-order valence-electron chi connectivity index (χ2n) is 7.47. The van der Waals surface area contributed by atoms with Gasteiger partial charge in [-0.2, -0.15) is 0 Å². The molecule has 33 heavy (non-hydrogen) atoms. The van der Waals surface area contributed by atoms with Crippen LogP contribution in [-0.2, 0) is 6.42 Å². The number of aromatic nitrogens is 8. The minimum Gasteiger partial charge on any atom is -0.249 e. The quantitative estimate of drug-likeness (QED) is 0.363. The summed E-state index contributed by atoms with van der Waals surface area (Å²) in [6, 6.07) is 15.6. The molecule has 0 saturated carbocycles. The first-order chi connectivity index (χ1) is 16.1. The van der Waals surface area contributed by atoms with Gasteiger partial charge >= 0.3 is 0 Å². The molecule has 0 spiro atoms. The van der Waals surface area contributed by atoms with Gasteiger partial charge in [0.15, 0.2) is 10.0 Å². The van der Waals surface area contributed by atoms with Gasteiger partial charge in [0, 0.05) is 0 Å². The molecule has 0 aliphatic heterocycles.